The highest BCUT2D eigenvalue weighted by Gasteiger charge is 2.57. The fourth-order valence-electron chi connectivity index (χ4n) is 1.81. The van der Waals surface area contributed by atoms with Gasteiger partial charge in [0.25, 0.3) is 0 Å². The highest BCUT2D eigenvalue weighted by atomic mass is 16.8. The second-order valence-electron chi connectivity index (χ2n) is 4.03. The van der Waals surface area contributed by atoms with Crippen molar-refractivity contribution in [3.8, 4) is 0 Å². The van der Waals surface area contributed by atoms with Crippen LogP contribution in [0, 0.1) is 0 Å². The smallest absolute Gasteiger partial charge is 0.333 e. The van der Waals surface area contributed by atoms with Gasteiger partial charge in [-0.3, -0.25) is 0 Å². The first kappa shape index (κ1) is 14.4. The Balaban J connectivity index is 3.05. The number of hydrogen-bond acceptors (Lipinski definition) is 6. The average molecular weight is 256 g/mol. The van der Waals surface area contributed by atoms with E-state index in [1.807, 2.05) is 0 Å². The van der Waals surface area contributed by atoms with Gasteiger partial charge in [0.15, 0.2) is 0 Å². The minimum absolute atomic E-state index is 0.000833. The molecule has 0 aromatic carbocycles. The minimum Gasteiger partial charge on any atom is -0.414 e. The minimum atomic E-state index is -2.43. The van der Waals surface area contributed by atoms with Gasteiger partial charge in [-0.05, 0) is 12.8 Å². The molecule has 0 aliphatic heterocycles. The lowest BCUT2D eigenvalue weighted by Gasteiger charge is -2.43. The SMILES string of the molecule is C=CC(=O)OC1(OC(=O)C=C)CCCCC1(O)O. The molecule has 0 aromatic heterocycles. The van der Waals surface area contributed by atoms with Crippen LogP contribution in [0.5, 0.6) is 0 Å². The summed E-state index contributed by atoms with van der Waals surface area (Å²) in [4.78, 5) is 22.5. The second kappa shape index (κ2) is 5.32. The Morgan fingerprint density at radius 2 is 1.44 bits per heavy atom. The van der Waals surface area contributed by atoms with Crippen molar-refractivity contribution in [1.82, 2.24) is 0 Å². The summed E-state index contributed by atoms with van der Waals surface area (Å²) in [6.07, 6.45) is 2.69. The Morgan fingerprint density at radius 1 is 1.00 bits per heavy atom. The van der Waals surface area contributed by atoms with Gasteiger partial charge in [0.05, 0.1) is 0 Å². The van der Waals surface area contributed by atoms with Crippen molar-refractivity contribution in [2.24, 2.45) is 0 Å². The van der Waals surface area contributed by atoms with Crippen LogP contribution < -0.4 is 0 Å². The molecule has 0 bridgehead atoms. The number of carbonyl (C=O) groups excluding carboxylic acids is 2. The zero-order chi connectivity index (χ0) is 13.8. The summed E-state index contributed by atoms with van der Waals surface area (Å²) in [6, 6.07) is 0. The van der Waals surface area contributed by atoms with Crippen molar-refractivity contribution in [3.05, 3.63) is 25.3 Å². The van der Waals surface area contributed by atoms with Crippen LogP contribution in [0.3, 0.4) is 0 Å². The quantitative estimate of drug-likeness (QED) is 0.429. The molecule has 1 aliphatic rings. The van der Waals surface area contributed by atoms with Gasteiger partial charge in [-0.1, -0.05) is 13.2 Å². The maximum Gasteiger partial charge on any atom is 0.333 e. The fraction of sp³-hybridized carbons (Fsp3) is 0.500. The Morgan fingerprint density at radius 3 is 1.83 bits per heavy atom. The van der Waals surface area contributed by atoms with E-state index in [0.29, 0.717) is 12.8 Å². The zero-order valence-electron chi connectivity index (χ0n) is 9.92. The van der Waals surface area contributed by atoms with Crippen LogP contribution >= 0.6 is 0 Å². The fourth-order valence-corrected chi connectivity index (χ4v) is 1.81. The second-order valence-corrected chi connectivity index (χ2v) is 4.03. The zero-order valence-corrected chi connectivity index (χ0v) is 9.92. The average Bonchev–Trinajstić information content (AvgIpc) is 2.32. The van der Waals surface area contributed by atoms with E-state index in [1.54, 1.807) is 0 Å². The number of aliphatic hydroxyl groups is 2. The summed E-state index contributed by atoms with van der Waals surface area (Å²) < 4.78 is 9.74. The van der Waals surface area contributed by atoms with Crippen LogP contribution in [-0.2, 0) is 19.1 Å². The molecule has 6 nitrogen and oxygen atoms in total. The molecule has 2 N–H and O–H groups in total. The van der Waals surface area contributed by atoms with Gasteiger partial charge >= 0.3 is 17.7 Å². The Bertz CT molecular complexity index is 349. The maximum absolute atomic E-state index is 11.3. The normalized spacial score (nSPS) is 20.6. The number of ether oxygens (including phenoxy) is 2. The van der Waals surface area contributed by atoms with Gasteiger partial charge in [0.1, 0.15) is 0 Å². The van der Waals surface area contributed by atoms with Gasteiger partial charge in [-0.15, -0.1) is 0 Å². The van der Waals surface area contributed by atoms with E-state index in [0.717, 1.165) is 12.2 Å². The van der Waals surface area contributed by atoms with E-state index < -0.39 is 23.5 Å². The molecule has 1 rings (SSSR count). The lowest BCUT2D eigenvalue weighted by molar-refractivity contribution is -0.371. The van der Waals surface area contributed by atoms with E-state index in [4.69, 9.17) is 9.47 Å². The molecule has 0 aromatic rings. The molecular formula is C12H16O6. The molecule has 0 atom stereocenters. The van der Waals surface area contributed by atoms with E-state index in [9.17, 15) is 19.8 Å². The maximum atomic E-state index is 11.3. The molecule has 0 spiro atoms. The van der Waals surface area contributed by atoms with Crippen molar-refractivity contribution >= 4 is 11.9 Å². The summed E-state index contributed by atoms with van der Waals surface area (Å²) in [7, 11) is 0. The Labute approximate surface area is 105 Å². The van der Waals surface area contributed by atoms with Crippen LogP contribution in [0.4, 0.5) is 0 Å². The van der Waals surface area contributed by atoms with Gasteiger partial charge < -0.3 is 19.7 Å². The summed E-state index contributed by atoms with van der Waals surface area (Å²) >= 11 is 0. The van der Waals surface area contributed by atoms with Gasteiger partial charge in [0, 0.05) is 25.0 Å². The number of esters is 2. The van der Waals surface area contributed by atoms with E-state index in [1.165, 1.54) is 0 Å². The van der Waals surface area contributed by atoms with Crippen LogP contribution in [0.1, 0.15) is 25.7 Å². The molecule has 18 heavy (non-hydrogen) atoms. The summed E-state index contributed by atoms with van der Waals surface area (Å²) in [6.45, 7) is 6.41. The summed E-state index contributed by atoms with van der Waals surface area (Å²) in [5, 5.41) is 19.8. The van der Waals surface area contributed by atoms with Crippen molar-refractivity contribution in [1.29, 1.82) is 0 Å². The molecule has 0 heterocycles. The number of rotatable bonds is 4. The molecule has 0 saturated heterocycles. The molecular weight excluding hydrogens is 240 g/mol. The van der Waals surface area contributed by atoms with Crippen molar-refractivity contribution in [2.75, 3.05) is 0 Å². The molecule has 1 saturated carbocycles. The Hall–Kier alpha value is -1.66. The van der Waals surface area contributed by atoms with Crippen LogP contribution in [-0.4, -0.2) is 33.7 Å². The van der Waals surface area contributed by atoms with Crippen molar-refractivity contribution < 1.29 is 29.3 Å². The lowest BCUT2D eigenvalue weighted by atomic mass is 9.87. The first-order chi connectivity index (χ1) is 8.37. The standard InChI is InChI=1S/C12H16O6/c1-3-9(13)17-12(18-10(14)4-2)8-6-5-7-11(12,15)16/h3-4,15-16H,1-2,5-8H2. The Kier molecular flexibility index (Phi) is 4.26. The lowest BCUT2D eigenvalue weighted by Crippen LogP contribution is -2.61. The third kappa shape index (κ3) is 2.77. The molecule has 1 fully saturated rings. The van der Waals surface area contributed by atoms with Gasteiger partial charge in [-0.25, -0.2) is 9.59 Å². The summed E-state index contributed by atoms with van der Waals surface area (Å²) in [5.41, 5.74) is 0. The van der Waals surface area contributed by atoms with Crippen LogP contribution in [0.15, 0.2) is 25.3 Å². The molecule has 0 unspecified atom stereocenters. The topological polar surface area (TPSA) is 93.1 Å². The van der Waals surface area contributed by atoms with E-state index >= 15 is 0 Å². The predicted octanol–water partition coefficient (Wildman–Crippen LogP) is 0.396. The monoisotopic (exact) mass is 256 g/mol. The highest BCUT2D eigenvalue weighted by Crippen LogP contribution is 2.39. The van der Waals surface area contributed by atoms with Gasteiger partial charge in [0.2, 0.25) is 5.79 Å². The molecule has 100 valence electrons. The molecule has 6 heteroatoms. The summed E-state index contributed by atoms with van der Waals surface area (Å²) in [5.74, 6) is -6.34. The largest absolute Gasteiger partial charge is 0.414 e. The predicted molar refractivity (Wildman–Crippen MR) is 60.9 cm³/mol. The number of carbonyl (C=O) groups is 2. The third-order valence-electron chi connectivity index (χ3n) is 2.76. The molecule has 0 radical (unpaired) electrons. The van der Waals surface area contributed by atoms with E-state index in [2.05, 4.69) is 13.2 Å². The third-order valence-corrected chi connectivity index (χ3v) is 2.76. The molecule has 1 aliphatic carbocycles. The highest BCUT2D eigenvalue weighted by molar-refractivity contribution is 5.83. The van der Waals surface area contributed by atoms with E-state index in [-0.39, 0.29) is 12.8 Å². The van der Waals surface area contributed by atoms with Crippen molar-refractivity contribution in [2.45, 2.75) is 37.3 Å². The first-order valence-electron chi connectivity index (χ1n) is 5.52. The van der Waals surface area contributed by atoms with Crippen LogP contribution in [0.25, 0.3) is 0 Å². The van der Waals surface area contributed by atoms with Crippen molar-refractivity contribution in [3.63, 3.8) is 0 Å². The molecule has 0 amide bonds. The number of hydrogen-bond donors (Lipinski definition) is 2. The van der Waals surface area contributed by atoms with Crippen LogP contribution in [0.2, 0.25) is 0 Å². The van der Waals surface area contributed by atoms with Gasteiger partial charge in [-0.2, -0.15) is 0 Å². The first-order valence-corrected chi connectivity index (χ1v) is 5.52.